The molecule has 4 atom stereocenters. The summed E-state index contributed by atoms with van der Waals surface area (Å²) in [6.45, 7) is 14.2. The molecule has 0 spiro atoms. The second-order valence-corrected chi connectivity index (χ2v) is 13.0. The molecule has 0 saturated heterocycles. The Bertz CT molecular complexity index is 1230. The van der Waals surface area contributed by atoms with Gasteiger partial charge in [-0.2, -0.15) is 0 Å². The topological polar surface area (TPSA) is 195 Å². The number of carbonyl (C=O) groups excluding carboxylic acids is 6. The molecule has 1 aromatic carbocycles. The number of amides is 5. The lowest BCUT2D eigenvalue weighted by atomic mass is 9.99. The first kappa shape index (κ1) is 40.6. The zero-order valence-corrected chi connectivity index (χ0v) is 28.9. The van der Waals surface area contributed by atoms with Crippen LogP contribution in [-0.4, -0.2) is 72.1 Å². The van der Waals surface area contributed by atoms with E-state index >= 15 is 0 Å². The Hall–Kier alpha value is -4.42. The molecule has 0 saturated carbocycles. The van der Waals surface area contributed by atoms with Gasteiger partial charge in [0.15, 0.2) is 0 Å². The van der Waals surface area contributed by atoms with Crippen LogP contribution in [-0.2, 0) is 39.9 Å². The average molecular weight is 660 g/mol. The van der Waals surface area contributed by atoms with Crippen LogP contribution in [0.2, 0.25) is 0 Å². The van der Waals surface area contributed by atoms with Crippen LogP contribution in [0.15, 0.2) is 42.5 Å². The van der Waals surface area contributed by atoms with E-state index in [1.54, 1.807) is 65.8 Å². The third-order valence-corrected chi connectivity index (χ3v) is 6.66. The molecule has 1 rings (SSSR count). The highest BCUT2D eigenvalue weighted by Gasteiger charge is 2.32. The lowest BCUT2D eigenvalue weighted by Gasteiger charge is -2.28. The number of nitrogens with one attached hydrogen (secondary N) is 4. The van der Waals surface area contributed by atoms with Gasteiger partial charge in [0.05, 0.1) is 6.61 Å². The van der Waals surface area contributed by atoms with Crippen LogP contribution in [0.5, 0.6) is 0 Å². The van der Waals surface area contributed by atoms with Crippen molar-refractivity contribution in [3.63, 3.8) is 0 Å². The molecular formula is C34H53N5O8. The van der Waals surface area contributed by atoms with Crippen molar-refractivity contribution in [1.82, 2.24) is 21.3 Å². The molecule has 47 heavy (non-hydrogen) atoms. The maximum atomic E-state index is 13.8. The van der Waals surface area contributed by atoms with Crippen molar-refractivity contribution >= 4 is 35.7 Å². The Morgan fingerprint density at radius 2 is 1.45 bits per heavy atom. The van der Waals surface area contributed by atoms with E-state index < -0.39 is 65.5 Å². The average Bonchev–Trinajstić information content (AvgIpc) is 2.95. The highest BCUT2D eigenvalue weighted by molar-refractivity contribution is 5.94. The van der Waals surface area contributed by atoms with Crippen molar-refractivity contribution in [2.45, 2.75) is 111 Å². The first-order chi connectivity index (χ1) is 21.9. The normalized spacial score (nSPS) is 14.1. The Balaban J connectivity index is 3.28. The third-order valence-electron chi connectivity index (χ3n) is 6.66. The predicted molar refractivity (Wildman–Crippen MR) is 178 cm³/mol. The third kappa shape index (κ3) is 17.2. The maximum Gasteiger partial charge on any atom is 0.408 e. The number of benzene rings is 1. The van der Waals surface area contributed by atoms with Gasteiger partial charge in [0, 0.05) is 25.0 Å². The zero-order chi connectivity index (χ0) is 35.7. The Labute approximate surface area is 278 Å². The van der Waals surface area contributed by atoms with Crippen LogP contribution < -0.4 is 27.0 Å². The van der Waals surface area contributed by atoms with Crippen molar-refractivity contribution in [1.29, 1.82) is 0 Å². The zero-order valence-electron chi connectivity index (χ0n) is 28.9. The summed E-state index contributed by atoms with van der Waals surface area (Å²) in [7, 11) is 0. The van der Waals surface area contributed by atoms with Gasteiger partial charge in [-0.3, -0.25) is 19.2 Å². The molecule has 0 fully saturated rings. The fourth-order valence-electron chi connectivity index (χ4n) is 4.45. The van der Waals surface area contributed by atoms with E-state index in [-0.39, 0.29) is 44.1 Å². The summed E-state index contributed by atoms with van der Waals surface area (Å²) in [4.78, 5) is 76.7. The fraction of sp³-hybridized carbons (Fsp3) is 0.588. The molecule has 5 amide bonds. The van der Waals surface area contributed by atoms with Crippen LogP contribution in [0.1, 0.15) is 80.2 Å². The van der Waals surface area contributed by atoms with Crippen LogP contribution >= 0.6 is 0 Å². The molecule has 0 radical (unpaired) electrons. The number of hydrogen-bond donors (Lipinski definition) is 5. The van der Waals surface area contributed by atoms with E-state index in [4.69, 9.17) is 15.2 Å². The molecule has 13 nitrogen and oxygen atoms in total. The van der Waals surface area contributed by atoms with E-state index in [9.17, 15) is 28.8 Å². The van der Waals surface area contributed by atoms with Gasteiger partial charge in [-0.15, -0.1) is 0 Å². The quantitative estimate of drug-likeness (QED) is 0.117. The minimum absolute atomic E-state index is 0.0186. The van der Waals surface area contributed by atoms with Crippen molar-refractivity contribution in [3.05, 3.63) is 48.0 Å². The minimum Gasteiger partial charge on any atom is -0.463 e. The SMILES string of the molecule is CCOC(=O)/C=C/[C@H](CCC(N)=O)NC(=O)[C@H](Cc1ccccc1)NC(=O)[C@H](CC(C)C)NC(=O)[C@@H](NC(=O)OC(C)(C)C)C(C)C. The van der Waals surface area contributed by atoms with Crippen LogP contribution in [0.4, 0.5) is 4.79 Å². The number of esters is 1. The van der Waals surface area contributed by atoms with Crippen molar-refractivity contribution in [2.24, 2.45) is 17.6 Å². The predicted octanol–water partition coefficient (Wildman–Crippen LogP) is 2.66. The van der Waals surface area contributed by atoms with E-state index in [0.717, 1.165) is 11.6 Å². The van der Waals surface area contributed by atoms with Crippen molar-refractivity contribution < 1.29 is 38.2 Å². The lowest BCUT2D eigenvalue weighted by Crippen LogP contribution is -2.58. The van der Waals surface area contributed by atoms with Gasteiger partial charge in [0.2, 0.25) is 23.6 Å². The van der Waals surface area contributed by atoms with Gasteiger partial charge in [0.25, 0.3) is 0 Å². The van der Waals surface area contributed by atoms with Gasteiger partial charge in [-0.25, -0.2) is 9.59 Å². The van der Waals surface area contributed by atoms with Gasteiger partial charge >= 0.3 is 12.1 Å². The maximum absolute atomic E-state index is 13.8. The van der Waals surface area contributed by atoms with Crippen LogP contribution in [0.3, 0.4) is 0 Å². The van der Waals surface area contributed by atoms with Gasteiger partial charge in [-0.1, -0.05) is 64.1 Å². The van der Waals surface area contributed by atoms with Gasteiger partial charge in [-0.05, 0) is 57.9 Å². The molecular weight excluding hydrogens is 606 g/mol. The summed E-state index contributed by atoms with van der Waals surface area (Å²) in [5.41, 5.74) is 5.31. The van der Waals surface area contributed by atoms with E-state index in [1.165, 1.54) is 6.08 Å². The number of primary amides is 1. The fourth-order valence-corrected chi connectivity index (χ4v) is 4.45. The molecule has 0 aromatic heterocycles. The van der Waals surface area contributed by atoms with Crippen molar-refractivity contribution in [3.8, 4) is 0 Å². The Kier molecular flexibility index (Phi) is 17.2. The second kappa shape index (κ2) is 20.0. The highest BCUT2D eigenvalue weighted by atomic mass is 16.6. The van der Waals surface area contributed by atoms with Gasteiger partial charge in [0.1, 0.15) is 23.7 Å². The molecule has 0 bridgehead atoms. The van der Waals surface area contributed by atoms with E-state index in [0.29, 0.717) is 0 Å². The van der Waals surface area contributed by atoms with Crippen LogP contribution in [0.25, 0.3) is 0 Å². The summed E-state index contributed by atoms with van der Waals surface area (Å²) in [5.74, 6) is -3.31. The molecule has 6 N–H and O–H groups in total. The monoisotopic (exact) mass is 659 g/mol. The summed E-state index contributed by atoms with van der Waals surface area (Å²) >= 11 is 0. The largest absolute Gasteiger partial charge is 0.463 e. The number of alkyl carbamates (subject to hydrolysis) is 1. The summed E-state index contributed by atoms with van der Waals surface area (Å²) in [6.07, 6.45) is 2.20. The highest BCUT2D eigenvalue weighted by Crippen LogP contribution is 2.12. The smallest absolute Gasteiger partial charge is 0.408 e. The summed E-state index contributed by atoms with van der Waals surface area (Å²) < 4.78 is 10.2. The number of ether oxygens (including phenoxy) is 2. The summed E-state index contributed by atoms with van der Waals surface area (Å²) in [6, 6.07) is 5.14. The molecule has 1 aromatic rings. The molecule has 0 aliphatic carbocycles. The first-order valence-corrected chi connectivity index (χ1v) is 16.0. The first-order valence-electron chi connectivity index (χ1n) is 16.0. The standard InChI is InChI=1S/C34H53N5O8/c1-9-46-28(41)18-16-24(15-17-27(35)40)36-30(42)26(20-23-13-11-10-12-14-23)37-31(43)25(19-21(2)3)38-32(44)29(22(4)5)39-33(45)47-34(6,7)8/h10-14,16,18,21-22,24-26,29H,9,15,17,19-20H2,1-8H3,(H2,35,40)(H,36,42)(H,37,43)(H,38,44)(H,39,45)/b18-16+/t24-,25-,26-,29-/m0/s1. The number of nitrogens with two attached hydrogens (primary N) is 1. The Morgan fingerprint density at radius 3 is 1.98 bits per heavy atom. The van der Waals surface area contributed by atoms with Crippen LogP contribution in [0, 0.1) is 11.8 Å². The van der Waals surface area contributed by atoms with Gasteiger partial charge < -0.3 is 36.5 Å². The minimum atomic E-state index is -1.09. The molecule has 0 aliphatic heterocycles. The molecule has 262 valence electrons. The molecule has 0 aliphatic rings. The number of carbonyl (C=O) groups is 6. The molecule has 13 heteroatoms. The van der Waals surface area contributed by atoms with E-state index in [2.05, 4.69) is 21.3 Å². The summed E-state index contributed by atoms with van der Waals surface area (Å²) in [5, 5.41) is 10.9. The lowest BCUT2D eigenvalue weighted by molar-refractivity contribution is -0.137. The van der Waals surface area contributed by atoms with E-state index in [1.807, 2.05) is 19.9 Å². The Morgan fingerprint density at radius 1 is 0.851 bits per heavy atom. The van der Waals surface area contributed by atoms with Crippen molar-refractivity contribution in [2.75, 3.05) is 6.61 Å². The molecule has 0 unspecified atom stereocenters. The molecule has 0 heterocycles. The second-order valence-electron chi connectivity index (χ2n) is 13.0. The number of rotatable bonds is 18. The number of hydrogen-bond acceptors (Lipinski definition) is 8.